The first-order chi connectivity index (χ1) is 9.03. The highest BCUT2D eigenvalue weighted by Crippen LogP contribution is 2.19. The third-order valence-corrected chi connectivity index (χ3v) is 4.06. The fraction of sp³-hybridized carbons (Fsp3) is 0.400. The zero-order chi connectivity index (χ0) is 13.9. The van der Waals surface area contributed by atoms with Crippen LogP contribution in [-0.2, 0) is 23.1 Å². The van der Waals surface area contributed by atoms with Crippen LogP contribution in [0.5, 0.6) is 0 Å². The van der Waals surface area contributed by atoms with Crippen LogP contribution in [-0.4, -0.2) is 35.3 Å². The summed E-state index contributed by atoms with van der Waals surface area (Å²) in [5, 5.41) is 15.2. The number of nitrogens with zero attached hydrogens (tertiary/aromatic N) is 2. The van der Waals surface area contributed by atoms with E-state index in [9.17, 15) is 8.42 Å². The summed E-state index contributed by atoms with van der Waals surface area (Å²) in [6.07, 6.45) is 1.76. The van der Waals surface area contributed by atoms with Crippen molar-refractivity contribution < 1.29 is 17.9 Å². The van der Waals surface area contributed by atoms with Crippen molar-refractivity contribution in [2.45, 2.75) is 24.8 Å². The predicted octanol–water partition coefficient (Wildman–Crippen LogP) is -0.281. The highest BCUT2D eigenvalue weighted by atomic mass is 32.2. The Morgan fingerprint density at radius 2 is 2.32 bits per heavy atom. The molecule has 0 spiro atoms. The second-order valence-electron chi connectivity index (χ2n) is 3.87. The van der Waals surface area contributed by atoms with Crippen molar-refractivity contribution in [3.05, 3.63) is 29.7 Å². The Labute approximate surface area is 109 Å². The molecule has 2 aromatic rings. The third kappa shape index (κ3) is 3.19. The van der Waals surface area contributed by atoms with Crippen molar-refractivity contribution in [2.75, 3.05) is 6.54 Å². The molecule has 0 radical (unpaired) electrons. The molecular formula is C10H14N4O4S. The summed E-state index contributed by atoms with van der Waals surface area (Å²) in [5.74, 6) is 1.06. The molecule has 0 aromatic carbocycles. The maximum Gasteiger partial charge on any atom is 0.244 e. The quantitative estimate of drug-likeness (QED) is 0.671. The monoisotopic (exact) mass is 286 g/mol. The lowest BCUT2D eigenvalue weighted by Crippen LogP contribution is -2.26. The van der Waals surface area contributed by atoms with Gasteiger partial charge in [-0.1, -0.05) is 0 Å². The number of furan rings is 1. The molecule has 0 aliphatic rings. The van der Waals surface area contributed by atoms with Crippen LogP contribution in [0, 0.1) is 6.92 Å². The average molecular weight is 286 g/mol. The van der Waals surface area contributed by atoms with Crippen LogP contribution >= 0.6 is 0 Å². The summed E-state index contributed by atoms with van der Waals surface area (Å²) in [6.45, 7) is 1.38. The molecule has 8 nitrogen and oxygen atoms in total. The standard InChI is InChI=1S/C10H14N4O4S/c1-7-9(4-8(5-15)18-7)19(16,17)13-3-2-10-11-6-12-14-10/h4,6,13,15H,2-3,5H2,1H3,(H,11,12,14). The van der Waals surface area contributed by atoms with Gasteiger partial charge in [0, 0.05) is 19.0 Å². The number of aromatic nitrogens is 3. The van der Waals surface area contributed by atoms with Crippen LogP contribution in [0.2, 0.25) is 0 Å². The van der Waals surface area contributed by atoms with Crippen LogP contribution in [0.4, 0.5) is 0 Å². The van der Waals surface area contributed by atoms with Crippen molar-refractivity contribution in [3.8, 4) is 0 Å². The van der Waals surface area contributed by atoms with Crippen molar-refractivity contribution in [3.63, 3.8) is 0 Å². The second kappa shape index (κ2) is 5.51. The van der Waals surface area contributed by atoms with Crippen LogP contribution in [0.3, 0.4) is 0 Å². The summed E-state index contributed by atoms with van der Waals surface area (Å²) in [5.41, 5.74) is 0. The number of nitrogens with one attached hydrogen (secondary N) is 2. The fourth-order valence-electron chi connectivity index (χ4n) is 1.60. The number of aryl methyl sites for hydroxylation is 1. The highest BCUT2D eigenvalue weighted by Gasteiger charge is 2.20. The minimum atomic E-state index is -3.65. The van der Waals surface area contributed by atoms with Gasteiger partial charge in [0.15, 0.2) is 0 Å². The first-order valence-electron chi connectivity index (χ1n) is 5.57. The lowest BCUT2D eigenvalue weighted by Gasteiger charge is -2.03. The molecule has 2 aromatic heterocycles. The lowest BCUT2D eigenvalue weighted by atomic mass is 10.4. The zero-order valence-electron chi connectivity index (χ0n) is 10.3. The van der Waals surface area contributed by atoms with Crippen molar-refractivity contribution in [1.82, 2.24) is 19.9 Å². The minimum Gasteiger partial charge on any atom is -0.462 e. The molecule has 9 heteroatoms. The molecule has 3 N–H and O–H groups in total. The van der Waals surface area contributed by atoms with Gasteiger partial charge in [0.25, 0.3) is 0 Å². The highest BCUT2D eigenvalue weighted by molar-refractivity contribution is 7.89. The SMILES string of the molecule is Cc1oc(CO)cc1S(=O)(=O)NCCc1ncn[nH]1. The normalized spacial score (nSPS) is 11.9. The number of aliphatic hydroxyl groups excluding tert-OH is 1. The molecule has 0 saturated heterocycles. The molecule has 0 aliphatic carbocycles. The van der Waals surface area contributed by atoms with E-state index in [1.54, 1.807) is 0 Å². The molecule has 2 heterocycles. The topological polar surface area (TPSA) is 121 Å². The molecule has 0 saturated carbocycles. The Kier molecular flexibility index (Phi) is 3.98. The first kappa shape index (κ1) is 13.7. The van der Waals surface area contributed by atoms with E-state index in [2.05, 4.69) is 19.9 Å². The van der Waals surface area contributed by atoms with E-state index in [-0.39, 0.29) is 29.6 Å². The zero-order valence-corrected chi connectivity index (χ0v) is 11.1. The molecule has 0 amide bonds. The Morgan fingerprint density at radius 3 is 2.89 bits per heavy atom. The maximum atomic E-state index is 12.0. The van der Waals surface area contributed by atoms with E-state index in [1.165, 1.54) is 19.3 Å². The number of rotatable bonds is 6. The van der Waals surface area contributed by atoms with Gasteiger partial charge in [-0.2, -0.15) is 5.10 Å². The van der Waals surface area contributed by atoms with Crippen LogP contribution in [0.25, 0.3) is 0 Å². The molecule has 0 atom stereocenters. The van der Waals surface area contributed by atoms with E-state index in [4.69, 9.17) is 9.52 Å². The van der Waals surface area contributed by atoms with Gasteiger partial charge in [-0.15, -0.1) is 0 Å². The van der Waals surface area contributed by atoms with Crippen molar-refractivity contribution >= 4 is 10.0 Å². The van der Waals surface area contributed by atoms with E-state index in [0.717, 1.165) is 0 Å². The third-order valence-electron chi connectivity index (χ3n) is 2.49. The fourth-order valence-corrected chi connectivity index (χ4v) is 2.83. The van der Waals surface area contributed by atoms with Crippen molar-refractivity contribution in [2.24, 2.45) is 0 Å². The summed E-state index contributed by atoms with van der Waals surface area (Å²) in [4.78, 5) is 3.93. The van der Waals surface area contributed by atoms with Gasteiger partial charge in [0.2, 0.25) is 10.0 Å². The Hall–Kier alpha value is -1.71. The molecule has 0 unspecified atom stereocenters. The molecular weight excluding hydrogens is 272 g/mol. The van der Waals surface area contributed by atoms with Crippen LogP contribution in [0.1, 0.15) is 17.3 Å². The first-order valence-corrected chi connectivity index (χ1v) is 7.05. The van der Waals surface area contributed by atoms with Gasteiger partial charge in [-0.25, -0.2) is 18.1 Å². The molecule has 19 heavy (non-hydrogen) atoms. The van der Waals surface area contributed by atoms with Crippen LogP contribution in [0.15, 0.2) is 21.7 Å². The Bertz CT molecular complexity index is 633. The number of hydrogen-bond acceptors (Lipinski definition) is 6. The van der Waals surface area contributed by atoms with Gasteiger partial charge in [-0.05, 0) is 6.92 Å². The van der Waals surface area contributed by atoms with Crippen molar-refractivity contribution in [1.29, 1.82) is 0 Å². The summed E-state index contributed by atoms with van der Waals surface area (Å²) in [7, 11) is -3.65. The Balaban J connectivity index is 2.03. The van der Waals surface area contributed by atoms with Gasteiger partial charge < -0.3 is 9.52 Å². The second-order valence-corrected chi connectivity index (χ2v) is 5.61. The van der Waals surface area contributed by atoms with Gasteiger partial charge >= 0.3 is 0 Å². The largest absolute Gasteiger partial charge is 0.462 e. The van der Waals surface area contributed by atoms with E-state index < -0.39 is 10.0 Å². The number of aromatic amines is 1. The smallest absolute Gasteiger partial charge is 0.244 e. The summed E-state index contributed by atoms with van der Waals surface area (Å²) in [6, 6.07) is 1.31. The number of aliphatic hydroxyl groups is 1. The number of H-pyrrole nitrogens is 1. The average Bonchev–Trinajstić information content (AvgIpc) is 2.98. The van der Waals surface area contributed by atoms with Gasteiger partial charge in [0.1, 0.15) is 35.2 Å². The van der Waals surface area contributed by atoms with Gasteiger partial charge in [0.05, 0.1) is 0 Å². The minimum absolute atomic E-state index is 0.0362. The molecule has 0 bridgehead atoms. The molecule has 0 aliphatic heterocycles. The molecule has 0 fully saturated rings. The summed E-state index contributed by atoms with van der Waals surface area (Å²) < 4.78 is 31.6. The molecule has 104 valence electrons. The lowest BCUT2D eigenvalue weighted by molar-refractivity contribution is 0.244. The van der Waals surface area contributed by atoms with E-state index >= 15 is 0 Å². The predicted molar refractivity (Wildman–Crippen MR) is 64.6 cm³/mol. The summed E-state index contributed by atoms with van der Waals surface area (Å²) >= 11 is 0. The number of sulfonamides is 1. The Morgan fingerprint density at radius 1 is 1.53 bits per heavy atom. The molecule has 2 rings (SSSR count). The van der Waals surface area contributed by atoms with Gasteiger partial charge in [-0.3, -0.25) is 5.10 Å². The van der Waals surface area contributed by atoms with Crippen LogP contribution < -0.4 is 4.72 Å². The van der Waals surface area contributed by atoms with E-state index in [0.29, 0.717) is 12.2 Å². The maximum absolute atomic E-state index is 12.0. The number of hydrogen-bond donors (Lipinski definition) is 3. The van der Waals surface area contributed by atoms with E-state index in [1.807, 2.05) is 0 Å².